The average molecular weight is 169 g/mol. The highest BCUT2D eigenvalue weighted by Gasteiger charge is 2.27. The lowest BCUT2D eigenvalue weighted by Crippen LogP contribution is -2.35. The third kappa shape index (κ3) is 1.80. The summed E-state index contributed by atoms with van der Waals surface area (Å²) in [7, 11) is 0. The van der Waals surface area contributed by atoms with E-state index >= 15 is 0 Å². The van der Waals surface area contributed by atoms with Crippen LogP contribution in [0, 0.1) is 0 Å². The molecule has 2 fully saturated rings. The van der Waals surface area contributed by atoms with Crippen molar-refractivity contribution in [1.29, 1.82) is 0 Å². The van der Waals surface area contributed by atoms with Crippen LogP contribution in [0.5, 0.6) is 0 Å². The van der Waals surface area contributed by atoms with E-state index in [0.29, 0.717) is 0 Å². The van der Waals surface area contributed by atoms with Gasteiger partial charge in [-0.2, -0.15) is 0 Å². The molecule has 2 heteroatoms. The number of hydrogen-bond donors (Lipinski definition) is 1. The normalized spacial score (nSPS) is 34.2. The maximum absolute atomic E-state index is 9.39. The highest BCUT2D eigenvalue weighted by Crippen LogP contribution is 2.25. The van der Waals surface area contributed by atoms with Crippen molar-refractivity contribution in [3.63, 3.8) is 0 Å². The minimum Gasteiger partial charge on any atom is -0.392 e. The number of aliphatic hydroxyl groups excluding tert-OH is 1. The van der Waals surface area contributed by atoms with Gasteiger partial charge < -0.3 is 5.11 Å². The summed E-state index contributed by atoms with van der Waals surface area (Å²) in [6.07, 6.45) is 7.92. The summed E-state index contributed by atoms with van der Waals surface area (Å²) in [4.78, 5) is 2.49. The minimum atomic E-state index is -0.0353. The maximum Gasteiger partial charge on any atom is 0.0679 e. The molecule has 2 nitrogen and oxygen atoms in total. The standard InChI is InChI=1S/C10H19NO/c12-10-6-7-11(8-10)9-4-2-1-3-5-9/h9-10,12H,1-8H2. The fourth-order valence-electron chi connectivity index (χ4n) is 2.55. The Morgan fingerprint density at radius 1 is 1.00 bits per heavy atom. The monoisotopic (exact) mass is 169 g/mol. The first-order valence-corrected chi connectivity index (χ1v) is 5.28. The van der Waals surface area contributed by atoms with Crippen molar-refractivity contribution in [2.75, 3.05) is 13.1 Å². The van der Waals surface area contributed by atoms with E-state index in [-0.39, 0.29) is 6.10 Å². The van der Waals surface area contributed by atoms with Gasteiger partial charge in [0.15, 0.2) is 0 Å². The smallest absolute Gasteiger partial charge is 0.0679 e. The lowest BCUT2D eigenvalue weighted by atomic mass is 9.94. The molecule has 70 valence electrons. The van der Waals surface area contributed by atoms with Gasteiger partial charge in [-0.05, 0) is 19.3 Å². The van der Waals surface area contributed by atoms with Gasteiger partial charge in [-0.3, -0.25) is 4.90 Å². The lowest BCUT2D eigenvalue weighted by Gasteiger charge is -2.30. The van der Waals surface area contributed by atoms with Gasteiger partial charge in [-0.1, -0.05) is 19.3 Å². The van der Waals surface area contributed by atoms with E-state index in [4.69, 9.17) is 0 Å². The molecule has 2 rings (SSSR count). The molecule has 2 aliphatic rings. The van der Waals surface area contributed by atoms with E-state index in [0.717, 1.165) is 25.6 Å². The topological polar surface area (TPSA) is 23.5 Å². The minimum absolute atomic E-state index is 0.0353. The molecule has 0 radical (unpaired) electrons. The van der Waals surface area contributed by atoms with Crippen LogP contribution in [0.2, 0.25) is 0 Å². The van der Waals surface area contributed by atoms with Crippen LogP contribution in [0.3, 0.4) is 0 Å². The largest absolute Gasteiger partial charge is 0.392 e. The Balaban J connectivity index is 1.83. The number of aliphatic hydroxyl groups is 1. The first-order valence-electron chi connectivity index (χ1n) is 5.28. The second-order valence-electron chi connectivity index (χ2n) is 4.23. The van der Waals surface area contributed by atoms with Crippen LogP contribution in [0.1, 0.15) is 38.5 Å². The second kappa shape index (κ2) is 3.75. The molecule has 0 bridgehead atoms. The number of rotatable bonds is 1. The molecule has 0 amide bonds. The molecule has 1 saturated carbocycles. The van der Waals surface area contributed by atoms with E-state index in [1.807, 2.05) is 0 Å². The van der Waals surface area contributed by atoms with Crippen LogP contribution in [0.15, 0.2) is 0 Å². The van der Waals surface area contributed by atoms with Gasteiger partial charge in [0.25, 0.3) is 0 Å². The molecule has 0 aromatic heterocycles. The predicted molar refractivity (Wildman–Crippen MR) is 49.1 cm³/mol. The summed E-state index contributed by atoms with van der Waals surface area (Å²) in [6.45, 7) is 2.07. The van der Waals surface area contributed by atoms with Gasteiger partial charge in [-0.15, -0.1) is 0 Å². The van der Waals surface area contributed by atoms with Crippen molar-refractivity contribution in [2.45, 2.75) is 50.7 Å². The molecular formula is C10H19NO. The van der Waals surface area contributed by atoms with Crippen LogP contribution >= 0.6 is 0 Å². The summed E-state index contributed by atoms with van der Waals surface area (Å²) >= 11 is 0. The Kier molecular flexibility index (Phi) is 2.66. The highest BCUT2D eigenvalue weighted by molar-refractivity contribution is 4.82. The zero-order valence-corrected chi connectivity index (χ0v) is 7.71. The van der Waals surface area contributed by atoms with Crippen LogP contribution in [-0.2, 0) is 0 Å². The van der Waals surface area contributed by atoms with E-state index < -0.39 is 0 Å². The molecule has 0 spiro atoms. The van der Waals surface area contributed by atoms with Crippen LogP contribution < -0.4 is 0 Å². The predicted octanol–water partition coefficient (Wildman–Crippen LogP) is 1.39. The average Bonchev–Trinajstić information content (AvgIpc) is 2.54. The van der Waals surface area contributed by atoms with Crippen LogP contribution in [-0.4, -0.2) is 35.2 Å². The van der Waals surface area contributed by atoms with Gasteiger partial charge in [0.1, 0.15) is 0 Å². The van der Waals surface area contributed by atoms with Crippen molar-refractivity contribution < 1.29 is 5.11 Å². The molecule has 0 aromatic rings. The zero-order chi connectivity index (χ0) is 8.39. The van der Waals surface area contributed by atoms with Crippen molar-refractivity contribution >= 4 is 0 Å². The van der Waals surface area contributed by atoms with Gasteiger partial charge in [0, 0.05) is 19.1 Å². The number of nitrogens with zero attached hydrogens (tertiary/aromatic N) is 1. The number of β-amino-alcohol motifs (C(OH)–C–C–N with tert-alkyl or cyclic N) is 1. The van der Waals surface area contributed by atoms with Crippen molar-refractivity contribution in [2.24, 2.45) is 0 Å². The Bertz CT molecular complexity index is 140. The Morgan fingerprint density at radius 3 is 2.33 bits per heavy atom. The molecule has 12 heavy (non-hydrogen) atoms. The first-order chi connectivity index (χ1) is 5.86. The molecule has 1 aliphatic heterocycles. The molecular weight excluding hydrogens is 150 g/mol. The van der Waals surface area contributed by atoms with Gasteiger partial charge >= 0.3 is 0 Å². The zero-order valence-electron chi connectivity index (χ0n) is 7.71. The molecule has 1 N–H and O–H groups in total. The summed E-state index contributed by atoms with van der Waals surface area (Å²) in [5.41, 5.74) is 0. The van der Waals surface area contributed by atoms with Crippen LogP contribution in [0.25, 0.3) is 0 Å². The van der Waals surface area contributed by atoms with E-state index in [9.17, 15) is 5.11 Å². The molecule has 1 saturated heterocycles. The molecule has 0 aromatic carbocycles. The third-order valence-corrected chi connectivity index (χ3v) is 3.29. The molecule has 1 unspecified atom stereocenters. The molecule has 1 aliphatic carbocycles. The Hall–Kier alpha value is -0.0800. The summed E-state index contributed by atoms with van der Waals surface area (Å²) in [5, 5.41) is 9.39. The highest BCUT2D eigenvalue weighted by atomic mass is 16.3. The SMILES string of the molecule is OC1CCN(C2CCCCC2)C1. The lowest BCUT2D eigenvalue weighted by molar-refractivity contribution is 0.142. The molecule has 1 heterocycles. The van der Waals surface area contributed by atoms with Crippen molar-refractivity contribution in [3.05, 3.63) is 0 Å². The van der Waals surface area contributed by atoms with E-state index in [1.165, 1.54) is 32.1 Å². The number of hydrogen-bond acceptors (Lipinski definition) is 2. The van der Waals surface area contributed by atoms with Gasteiger partial charge in [0.2, 0.25) is 0 Å². The maximum atomic E-state index is 9.39. The fourth-order valence-corrected chi connectivity index (χ4v) is 2.55. The van der Waals surface area contributed by atoms with E-state index in [1.54, 1.807) is 0 Å². The third-order valence-electron chi connectivity index (χ3n) is 3.29. The van der Waals surface area contributed by atoms with Crippen molar-refractivity contribution in [3.8, 4) is 0 Å². The summed E-state index contributed by atoms with van der Waals surface area (Å²) < 4.78 is 0. The van der Waals surface area contributed by atoms with Crippen LogP contribution in [0.4, 0.5) is 0 Å². The van der Waals surface area contributed by atoms with Gasteiger partial charge in [-0.25, -0.2) is 0 Å². The summed E-state index contributed by atoms with van der Waals surface area (Å²) in [5.74, 6) is 0. The van der Waals surface area contributed by atoms with Crippen molar-refractivity contribution in [1.82, 2.24) is 4.90 Å². The molecule has 1 atom stereocenters. The number of likely N-dealkylation sites (tertiary alicyclic amines) is 1. The second-order valence-corrected chi connectivity index (χ2v) is 4.23. The quantitative estimate of drug-likeness (QED) is 0.641. The van der Waals surface area contributed by atoms with Gasteiger partial charge in [0.05, 0.1) is 6.10 Å². The van der Waals surface area contributed by atoms with E-state index in [2.05, 4.69) is 4.90 Å². The Morgan fingerprint density at radius 2 is 1.75 bits per heavy atom. The summed E-state index contributed by atoms with van der Waals surface area (Å²) in [6, 6.07) is 0.802. The fraction of sp³-hybridized carbons (Fsp3) is 1.00. The Labute approximate surface area is 74.6 Å². The first kappa shape index (κ1) is 8.52.